The van der Waals surface area contributed by atoms with Crippen LogP contribution >= 0.6 is 0 Å². The Balaban J connectivity index is 1.31. The quantitative estimate of drug-likeness (QED) is 0.152. The molecule has 0 spiro atoms. The van der Waals surface area contributed by atoms with Crippen LogP contribution in [0, 0.1) is 12.3 Å². The molecule has 328 valence electrons. The maximum Gasteiger partial charge on any atom is 0.420 e. The van der Waals surface area contributed by atoms with Gasteiger partial charge in [-0.2, -0.15) is 0 Å². The number of nitrogens with zero attached hydrogens (tertiary/aromatic N) is 4. The van der Waals surface area contributed by atoms with Crippen molar-refractivity contribution in [3.8, 4) is 5.75 Å². The Labute approximate surface area is 358 Å². The second kappa shape index (κ2) is 17.7. The number of aromatic nitrogens is 3. The summed E-state index contributed by atoms with van der Waals surface area (Å²) in [7, 11) is 0. The Bertz CT molecular complexity index is 2290. The van der Waals surface area contributed by atoms with Gasteiger partial charge in [-0.3, -0.25) is 9.59 Å². The first kappa shape index (κ1) is 44.9. The van der Waals surface area contributed by atoms with Gasteiger partial charge in [0.15, 0.2) is 5.78 Å². The van der Waals surface area contributed by atoms with Crippen molar-refractivity contribution in [3.05, 3.63) is 82.4 Å². The molecular weight excluding hydrogens is 779 g/mol. The number of Topliss-reactive ketones (excluding diaryl/α,β-unsaturated/α-hetero) is 1. The molecule has 2 aromatic carbocycles. The number of hydrogen-bond acceptors (Lipinski definition) is 10. The number of ketones is 1. The van der Waals surface area contributed by atoms with Crippen LogP contribution in [0.2, 0.25) is 0 Å². The van der Waals surface area contributed by atoms with Gasteiger partial charge in [-0.25, -0.2) is 28.5 Å². The largest absolute Gasteiger partial charge is 0.490 e. The lowest BCUT2D eigenvalue weighted by molar-refractivity contribution is 0.0515. The van der Waals surface area contributed by atoms with Crippen LogP contribution in [0.1, 0.15) is 150 Å². The van der Waals surface area contributed by atoms with Crippen molar-refractivity contribution in [2.24, 2.45) is 5.41 Å². The molecule has 0 unspecified atom stereocenters. The van der Waals surface area contributed by atoms with E-state index in [1.54, 1.807) is 71.6 Å². The van der Waals surface area contributed by atoms with Gasteiger partial charge in [0, 0.05) is 49.7 Å². The number of carbonyl (C=O) groups excluding carboxylic acids is 5. The van der Waals surface area contributed by atoms with Gasteiger partial charge in [0.25, 0.3) is 5.91 Å². The van der Waals surface area contributed by atoms with Crippen molar-refractivity contribution >= 4 is 41.0 Å². The average Bonchev–Trinajstić information content (AvgIpc) is 3.69. The summed E-state index contributed by atoms with van der Waals surface area (Å²) in [6.07, 6.45) is 1.68. The number of rotatable bonds is 10. The number of unbranched alkanes of at least 4 members (excludes halogenated alkanes) is 1. The van der Waals surface area contributed by atoms with E-state index in [1.807, 2.05) is 51.1 Å². The fourth-order valence-corrected chi connectivity index (χ4v) is 8.05. The molecule has 1 fully saturated rings. The van der Waals surface area contributed by atoms with Crippen LogP contribution in [0.4, 0.5) is 14.4 Å². The van der Waals surface area contributed by atoms with Gasteiger partial charge in [-0.05, 0) is 90.0 Å². The van der Waals surface area contributed by atoms with Crippen molar-refractivity contribution in [2.45, 2.75) is 144 Å². The summed E-state index contributed by atoms with van der Waals surface area (Å²) in [6, 6.07) is 14.0. The van der Waals surface area contributed by atoms with Crippen LogP contribution in [-0.2, 0) is 27.2 Å². The third-order valence-corrected chi connectivity index (χ3v) is 10.8. The fraction of sp³-hybridized carbons (Fsp3) is 0.532. The van der Waals surface area contributed by atoms with E-state index in [0.717, 1.165) is 12.0 Å². The van der Waals surface area contributed by atoms with Gasteiger partial charge in [-0.15, -0.1) is 0 Å². The van der Waals surface area contributed by atoms with Crippen LogP contribution in [0.15, 0.2) is 48.5 Å². The molecule has 1 aliphatic carbocycles. The molecule has 61 heavy (non-hydrogen) atoms. The van der Waals surface area contributed by atoms with Gasteiger partial charge in [0.1, 0.15) is 41.2 Å². The molecule has 1 atom stereocenters. The summed E-state index contributed by atoms with van der Waals surface area (Å²) in [4.78, 5) is 75.8. The predicted molar refractivity (Wildman–Crippen MR) is 230 cm³/mol. The highest BCUT2D eigenvalue weighted by atomic mass is 16.6. The number of fused-ring (bicyclic) bond motifs is 2. The van der Waals surface area contributed by atoms with E-state index in [0.29, 0.717) is 78.8 Å². The molecule has 0 radical (unpaired) electrons. The van der Waals surface area contributed by atoms with Crippen LogP contribution in [0.3, 0.4) is 0 Å². The Morgan fingerprint density at radius 3 is 2.15 bits per heavy atom. The summed E-state index contributed by atoms with van der Waals surface area (Å²) < 4.78 is 26.4. The number of benzene rings is 2. The lowest BCUT2D eigenvalue weighted by Crippen LogP contribution is -2.42. The summed E-state index contributed by atoms with van der Waals surface area (Å²) in [6.45, 7) is 19.3. The molecule has 14 nitrogen and oxygen atoms in total. The molecule has 1 aliphatic heterocycles. The first-order valence-electron chi connectivity index (χ1n) is 21.3. The average molecular weight is 840 g/mol. The summed E-state index contributed by atoms with van der Waals surface area (Å²) in [5, 5.41) is 3.12. The number of hydrogen-bond donors (Lipinski definition) is 1. The van der Waals surface area contributed by atoms with Crippen molar-refractivity contribution < 1.29 is 42.9 Å². The summed E-state index contributed by atoms with van der Waals surface area (Å²) >= 11 is 0. The van der Waals surface area contributed by atoms with E-state index in [-0.39, 0.29) is 42.5 Å². The zero-order valence-corrected chi connectivity index (χ0v) is 37.3. The highest BCUT2D eigenvalue weighted by Crippen LogP contribution is 2.39. The molecule has 4 aromatic rings. The Morgan fingerprint density at radius 1 is 0.885 bits per heavy atom. The molecule has 2 aliphatic rings. The van der Waals surface area contributed by atoms with Crippen molar-refractivity contribution in [2.75, 3.05) is 13.1 Å². The minimum atomic E-state index is -0.872. The highest BCUT2D eigenvalue weighted by Gasteiger charge is 2.41. The Kier molecular flexibility index (Phi) is 13.1. The third kappa shape index (κ3) is 10.6. The van der Waals surface area contributed by atoms with Crippen LogP contribution < -0.4 is 10.1 Å². The molecule has 2 amide bonds. The van der Waals surface area contributed by atoms with Gasteiger partial charge >= 0.3 is 18.3 Å². The van der Waals surface area contributed by atoms with Gasteiger partial charge in [0.05, 0.1) is 17.1 Å². The first-order chi connectivity index (χ1) is 28.6. The van der Waals surface area contributed by atoms with Gasteiger partial charge in [0.2, 0.25) is 0 Å². The number of likely N-dealkylation sites (tertiary alicyclic amines) is 1. The smallest absolute Gasteiger partial charge is 0.420 e. The van der Waals surface area contributed by atoms with Crippen molar-refractivity contribution in [1.82, 2.24) is 24.3 Å². The molecule has 0 saturated carbocycles. The van der Waals surface area contributed by atoms with E-state index >= 15 is 0 Å². The van der Waals surface area contributed by atoms with E-state index in [4.69, 9.17) is 23.9 Å². The predicted octanol–water partition coefficient (Wildman–Crippen LogP) is 9.71. The highest BCUT2D eigenvalue weighted by molar-refractivity contribution is 6.07. The fourth-order valence-electron chi connectivity index (χ4n) is 8.05. The molecule has 3 heterocycles. The topological polar surface area (TPSA) is 160 Å². The molecule has 1 saturated heterocycles. The maximum atomic E-state index is 14.7. The Hall–Kier alpha value is -5.66. The van der Waals surface area contributed by atoms with Gasteiger partial charge in [-0.1, -0.05) is 63.9 Å². The standard InChI is InChI=1S/C47H61N5O9/c1-11-12-18-34(49-41(54)39-29(2)38-36(26-47(9,10)27-37(38)53)51(39)43(56)60-45(3,4)5)40-48-33-20-19-32(25-35(33)52(40)44(57)61-46(6,7)8)59-31-21-23-50(24-22-31)42(55)58-28-30-16-14-13-15-17-30/h13-17,19-20,25,31,34H,11-12,18,21-24,26-28H2,1-10H3,(H,49,54)/t34-/m0/s1. The second-order valence-electron chi connectivity index (χ2n) is 19.0. The SMILES string of the molecule is CCCC[C@H](NC(=O)c1c(C)c2c(n1C(=O)OC(C)(C)C)CC(C)(C)CC2=O)c1nc2ccc(OC3CCN(C(=O)OCc4ccccc4)CC3)cc2n1C(=O)OC(C)(C)C. The number of piperidine rings is 1. The zero-order chi connectivity index (χ0) is 44.4. The number of carbonyl (C=O) groups is 5. The number of ether oxygens (including phenoxy) is 4. The second-order valence-corrected chi connectivity index (χ2v) is 19.0. The lowest BCUT2D eigenvalue weighted by Gasteiger charge is -2.31. The Morgan fingerprint density at radius 2 is 1.52 bits per heavy atom. The number of imidazole rings is 1. The molecule has 6 rings (SSSR count). The molecule has 0 bridgehead atoms. The normalized spacial score (nSPS) is 16.2. The van der Waals surface area contributed by atoms with Gasteiger partial charge < -0.3 is 29.2 Å². The molecule has 14 heteroatoms. The third-order valence-electron chi connectivity index (χ3n) is 10.8. The number of amides is 2. The monoisotopic (exact) mass is 839 g/mol. The van der Waals surface area contributed by atoms with E-state index in [1.165, 1.54) is 9.13 Å². The molecule has 2 aromatic heterocycles. The molecular formula is C47H61N5O9. The minimum Gasteiger partial charge on any atom is -0.490 e. The first-order valence-corrected chi connectivity index (χ1v) is 21.3. The van der Waals surface area contributed by atoms with E-state index in [2.05, 4.69) is 5.32 Å². The minimum absolute atomic E-state index is 0.0120. The van der Waals surface area contributed by atoms with Crippen LogP contribution in [-0.4, -0.2) is 79.4 Å². The maximum absolute atomic E-state index is 14.7. The van der Waals surface area contributed by atoms with Crippen molar-refractivity contribution in [1.29, 1.82) is 0 Å². The van der Waals surface area contributed by atoms with Crippen LogP contribution in [0.5, 0.6) is 5.75 Å². The number of nitrogens with one attached hydrogen (secondary N) is 1. The van der Waals surface area contributed by atoms with E-state index in [9.17, 15) is 24.0 Å². The zero-order valence-electron chi connectivity index (χ0n) is 37.3. The summed E-state index contributed by atoms with van der Waals surface area (Å²) in [5.74, 6) is 0.0124. The molecule has 1 N–H and O–H groups in total. The van der Waals surface area contributed by atoms with Crippen LogP contribution in [0.25, 0.3) is 11.0 Å². The summed E-state index contributed by atoms with van der Waals surface area (Å²) in [5.41, 5.74) is 0.871. The lowest BCUT2D eigenvalue weighted by atomic mass is 9.75. The van der Waals surface area contributed by atoms with E-state index < -0.39 is 40.8 Å². The van der Waals surface area contributed by atoms with Crippen molar-refractivity contribution in [3.63, 3.8) is 0 Å².